The number of carboxylic acid groups (broad SMARTS) is 1. The second-order valence-electron chi connectivity index (χ2n) is 8.79. The second kappa shape index (κ2) is 12.9. The van der Waals surface area contributed by atoms with Crippen molar-refractivity contribution in [2.24, 2.45) is 4.99 Å². The highest BCUT2D eigenvalue weighted by molar-refractivity contribution is 8.15. The molecule has 3 aromatic carbocycles. The van der Waals surface area contributed by atoms with Gasteiger partial charge >= 0.3 is 11.9 Å². The molecule has 0 aromatic heterocycles. The molecule has 0 radical (unpaired) electrons. The first-order valence-electron chi connectivity index (χ1n) is 12.3. The van der Waals surface area contributed by atoms with E-state index in [0.717, 1.165) is 16.7 Å². The molecule has 4 rings (SSSR count). The van der Waals surface area contributed by atoms with Gasteiger partial charge in [-0.1, -0.05) is 17.8 Å². The van der Waals surface area contributed by atoms with E-state index in [0.29, 0.717) is 6.07 Å². The Morgan fingerprint density at radius 3 is 2.38 bits per heavy atom. The summed E-state index contributed by atoms with van der Waals surface area (Å²) in [6.45, 7) is 1.08. The first-order valence-corrected chi connectivity index (χ1v) is 13.2. The van der Waals surface area contributed by atoms with Crippen LogP contribution < -0.4 is 5.32 Å². The molecule has 1 heterocycles. The van der Waals surface area contributed by atoms with Gasteiger partial charge in [-0.2, -0.15) is 0 Å². The number of benzene rings is 3. The van der Waals surface area contributed by atoms with Crippen LogP contribution in [-0.2, 0) is 20.9 Å². The summed E-state index contributed by atoms with van der Waals surface area (Å²) < 4.78 is 60.7. The van der Waals surface area contributed by atoms with Gasteiger partial charge in [0.25, 0.3) is 0 Å². The lowest BCUT2D eigenvalue weighted by Crippen LogP contribution is -2.33. The number of hydrogen-bond acceptors (Lipinski definition) is 7. The molecular formula is C28H21F4N3O6S. The van der Waals surface area contributed by atoms with E-state index in [4.69, 9.17) is 9.84 Å². The van der Waals surface area contributed by atoms with E-state index in [9.17, 15) is 36.7 Å². The van der Waals surface area contributed by atoms with E-state index in [1.165, 1.54) is 48.5 Å². The van der Waals surface area contributed by atoms with Crippen molar-refractivity contribution in [1.82, 2.24) is 4.90 Å². The molecule has 9 nitrogen and oxygen atoms in total. The maximum absolute atomic E-state index is 14.5. The van der Waals surface area contributed by atoms with Crippen LogP contribution >= 0.6 is 11.8 Å². The van der Waals surface area contributed by atoms with E-state index in [2.05, 4.69) is 10.3 Å². The summed E-state index contributed by atoms with van der Waals surface area (Å²) in [5.74, 6) is -10.6. The molecule has 1 unspecified atom stereocenters. The number of anilines is 1. The van der Waals surface area contributed by atoms with Gasteiger partial charge in [0.15, 0.2) is 28.4 Å². The Labute approximate surface area is 240 Å². The normalized spacial score (nSPS) is 15.6. The zero-order valence-corrected chi connectivity index (χ0v) is 22.5. The molecule has 14 heteroatoms. The highest BCUT2D eigenvalue weighted by Crippen LogP contribution is 2.34. The van der Waals surface area contributed by atoms with Crippen molar-refractivity contribution in [3.63, 3.8) is 0 Å². The van der Waals surface area contributed by atoms with Crippen LogP contribution in [0.25, 0.3) is 0 Å². The minimum absolute atomic E-state index is 0.0564. The van der Waals surface area contributed by atoms with Crippen molar-refractivity contribution in [2.45, 2.75) is 25.1 Å². The molecule has 1 aliphatic heterocycles. The topological polar surface area (TPSA) is 125 Å². The number of carbonyl (C=O) groups excluding carboxylic acids is 3. The third kappa shape index (κ3) is 6.77. The molecular weight excluding hydrogens is 582 g/mol. The number of nitrogens with one attached hydrogen (secondary N) is 1. The quantitative estimate of drug-likeness (QED) is 0.148. The summed E-state index contributed by atoms with van der Waals surface area (Å²) >= 11 is 0.820. The van der Waals surface area contributed by atoms with Gasteiger partial charge in [0.05, 0.1) is 30.0 Å². The Morgan fingerprint density at radius 2 is 1.71 bits per heavy atom. The number of ether oxygens (including phenoxy) is 1. The summed E-state index contributed by atoms with van der Waals surface area (Å²) in [5, 5.41) is 10.5. The van der Waals surface area contributed by atoms with Gasteiger partial charge in [0, 0.05) is 17.7 Å². The lowest BCUT2D eigenvalue weighted by Gasteiger charge is -2.17. The summed E-state index contributed by atoms with van der Waals surface area (Å²) in [7, 11) is 0. The average Bonchev–Trinajstić information content (AvgIpc) is 3.23. The Bertz CT molecular complexity index is 1600. The number of rotatable bonds is 9. The SMILES string of the molecule is CCOC(=O)c1ccc(N=C2SC(CC(=O)Nc3cccc(C(=O)O)c3)C(=O)N2Cc2cc(F)c(F)c(F)c2F)cc1. The number of halogens is 4. The highest BCUT2D eigenvalue weighted by Gasteiger charge is 2.40. The summed E-state index contributed by atoms with van der Waals surface area (Å²) in [6, 6.07) is 11.6. The maximum Gasteiger partial charge on any atom is 0.338 e. The molecule has 0 saturated carbocycles. The van der Waals surface area contributed by atoms with Crippen molar-refractivity contribution in [3.8, 4) is 0 Å². The van der Waals surface area contributed by atoms with Crippen molar-refractivity contribution >= 4 is 52.1 Å². The fourth-order valence-electron chi connectivity index (χ4n) is 3.89. The maximum atomic E-state index is 14.5. The third-order valence-corrected chi connectivity index (χ3v) is 7.07. The monoisotopic (exact) mass is 603 g/mol. The predicted octanol–water partition coefficient (Wildman–Crippen LogP) is 5.28. The Morgan fingerprint density at radius 1 is 1.00 bits per heavy atom. The smallest absolute Gasteiger partial charge is 0.338 e. The number of amides is 2. The van der Waals surface area contributed by atoms with Crippen LogP contribution in [0.2, 0.25) is 0 Å². The molecule has 0 spiro atoms. The second-order valence-corrected chi connectivity index (χ2v) is 9.96. The molecule has 1 aliphatic rings. The molecule has 0 aliphatic carbocycles. The minimum Gasteiger partial charge on any atom is -0.478 e. The fraction of sp³-hybridized carbons (Fsp3) is 0.179. The zero-order valence-electron chi connectivity index (χ0n) is 21.7. The summed E-state index contributed by atoms with van der Waals surface area (Å²) in [5.41, 5.74) is -0.0950. The largest absolute Gasteiger partial charge is 0.478 e. The number of thioether (sulfide) groups is 1. The van der Waals surface area contributed by atoms with Crippen molar-refractivity contribution < 1.29 is 46.6 Å². The molecule has 3 aromatic rings. The summed E-state index contributed by atoms with van der Waals surface area (Å²) in [6.07, 6.45) is -0.424. The number of carbonyl (C=O) groups is 4. The number of aromatic carboxylic acids is 1. The van der Waals surface area contributed by atoms with Gasteiger partial charge in [-0.3, -0.25) is 14.5 Å². The van der Waals surface area contributed by atoms with Gasteiger partial charge in [-0.15, -0.1) is 0 Å². The van der Waals surface area contributed by atoms with E-state index in [-0.39, 0.29) is 34.3 Å². The molecule has 2 amide bonds. The Hall–Kier alpha value is -4.72. The van der Waals surface area contributed by atoms with E-state index >= 15 is 0 Å². The first-order chi connectivity index (χ1) is 20.0. The molecule has 0 bridgehead atoms. The van der Waals surface area contributed by atoms with E-state index in [1.54, 1.807) is 6.92 Å². The molecule has 1 atom stereocenters. The molecule has 218 valence electrons. The average molecular weight is 604 g/mol. The number of nitrogens with zero attached hydrogens (tertiary/aromatic N) is 2. The van der Waals surface area contributed by atoms with Crippen LogP contribution in [0.4, 0.5) is 28.9 Å². The predicted molar refractivity (Wildman–Crippen MR) is 144 cm³/mol. The minimum atomic E-state index is -2.04. The van der Waals surface area contributed by atoms with Crippen LogP contribution in [0.3, 0.4) is 0 Å². The number of carboxylic acids is 1. The molecule has 2 N–H and O–H groups in total. The lowest BCUT2D eigenvalue weighted by molar-refractivity contribution is -0.128. The van der Waals surface area contributed by atoms with Gasteiger partial charge < -0.3 is 15.2 Å². The van der Waals surface area contributed by atoms with Gasteiger partial charge in [0.1, 0.15) is 5.25 Å². The van der Waals surface area contributed by atoms with Gasteiger partial charge in [0.2, 0.25) is 11.8 Å². The number of esters is 1. The lowest BCUT2D eigenvalue weighted by atomic mass is 10.1. The van der Waals surface area contributed by atoms with E-state index in [1.807, 2.05) is 0 Å². The zero-order chi connectivity index (χ0) is 30.6. The van der Waals surface area contributed by atoms with Crippen LogP contribution in [0.15, 0.2) is 59.6 Å². The van der Waals surface area contributed by atoms with Crippen molar-refractivity contribution in [2.75, 3.05) is 11.9 Å². The molecule has 1 fully saturated rings. The van der Waals surface area contributed by atoms with Crippen molar-refractivity contribution in [1.29, 1.82) is 0 Å². The Balaban J connectivity index is 1.61. The number of hydrogen-bond donors (Lipinski definition) is 2. The molecule has 1 saturated heterocycles. The standard InChI is InChI=1S/C28H21F4N3O6S/c1-2-41-27(40)14-6-8-17(9-7-14)34-28-35(13-16-11-19(29)23(31)24(32)22(16)30)25(37)20(42-28)12-21(36)33-18-5-3-4-15(10-18)26(38)39/h3-11,20H,2,12-13H2,1H3,(H,33,36)(H,38,39). The highest BCUT2D eigenvalue weighted by atomic mass is 32.2. The summed E-state index contributed by atoms with van der Waals surface area (Å²) in [4.78, 5) is 54.4. The number of amidine groups is 1. The fourth-order valence-corrected chi connectivity index (χ4v) is 5.04. The third-order valence-electron chi connectivity index (χ3n) is 5.89. The van der Waals surface area contributed by atoms with Gasteiger partial charge in [-0.25, -0.2) is 32.1 Å². The Kier molecular flexibility index (Phi) is 9.25. The van der Waals surface area contributed by atoms with Crippen molar-refractivity contribution in [3.05, 3.63) is 94.6 Å². The molecule has 42 heavy (non-hydrogen) atoms. The van der Waals surface area contributed by atoms with Gasteiger partial charge in [-0.05, 0) is 55.5 Å². The van der Waals surface area contributed by atoms with E-state index < -0.39 is 70.8 Å². The van der Waals surface area contributed by atoms with Crippen LogP contribution in [0, 0.1) is 23.3 Å². The van der Waals surface area contributed by atoms with Crippen LogP contribution in [0.1, 0.15) is 39.6 Å². The van der Waals surface area contributed by atoms with Crippen LogP contribution in [0.5, 0.6) is 0 Å². The number of aliphatic imine (C=N–C) groups is 1. The van der Waals surface area contributed by atoms with Crippen LogP contribution in [-0.4, -0.2) is 50.8 Å². The first kappa shape index (κ1) is 30.2.